The maximum Gasteiger partial charge on any atom is 0.314 e. The summed E-state index contributed by atoms with van der Waals surface area (Å²) in [5, 5.41) is 11.2. The lowest BCUT2D eigenvalue weighted by molar-refractivity contribution is -0.147. The lowest BCUT2D eigenvalue weighted by Gasteiger charge is -2.33. The molecular weight excluding hydrogens is 396 g/mol. The number of carboxylic acid groups (broad SMARTS) is 1. The van der Waals surface area contributed by atoms with E-state index in [0.717, 1.165) is 26.5 Å². The average Bonchev–Trinajstić information content (AvgIpc) is 3.23. The van der Waals surface area contributed by atoms with Gasteiger partial charge in [0.05, 0.1) is 10.9 Å². The standard InChI is InChI=1S/C24H22N2O3S/c1-16-13-22-25-9-10-26(22)21-15-19(5-6-20(16)21)30-18-4-2-3-17(14-18)24(23(27)28)7-11-29-12-8-24/h2-6,9-10,13-15H,7-8,11-12H2,1H3,(H,27,28). The molecule has 1 N–H and O–H groups in total. The molecule has 0 amide bonds. The summed E-state index contributed by atoms with van der Waals surface area (Å²) in [6.07, 6.45) is 4.80. The number of carbonyl (C=O) groups is 1. The van der Waals surface area contributed by atoms with Crippen LogP contribution in [0.25, 0.3) is 16.6 Å². The van der Waals surface area contributed by atoms with E-state index >= 15 is 0 Å². The summed E-state index contributed by atoms with van der Waals surface area (Å²) in [4.78, 5) is 18.7. The van der Waals surface area contributed by atoms with Crippen LogP contribution in [0.1, 0.15) is 24.0 Å². The summed E-state index contributed by atoms with van der Waals surface area (Å²) in [6, 6.07) is 16.5. The number of imidazole rings is 1. The molecule has 0 bridgehead atoms. The Kier molecular flexibility index (Phi) is 4.76. The number of aliphatic carboxylic acids is 1. The van der Waals surface area contributed by atoms with Crippen molar-refractivity contribution in [3.8, 4) is 0 Å². The molecule has 1 aliphatic rings. The van der Waals surface area contributed by atoms with Gasteiger partial charge in [-0.15, -0.1) is 0 Å². The van der Waals surface area contributed by atoms with Crippen molar-refractivity contribution in [2.75, 3.05) is 13.2 Å². The second-order valence-corrected chi connectivity index (χ2v) is 8.94. The van der Waals surface area contributed by atoms with Crippen LogP contribution in [-0.4, -0.2) is 33.7 Å². The topological polar surface area (TPSA) is 63.8 Å². The van der Waals surface area contributed by atoms with Crippen LogP contribution < -0.4 is 0 Å². The highest BCUT2D eigenvalue weighted by Gasteiger charge is 2.41. The third-order valence-electron chi connectivity index (χ3n) is 6.05. The zero-order valence-corrected chi connectivity index (χ0v) is 17.5. The monoisotopic (exact) mass is 418 g/mol. The fourth-order valence-corrected chi connectivity index (χ4v) is 5.26. The normalized spacial score (nSPS) is 16.2. The van der Waals surface area contributed by atoms with Crippen LogP contribution in [0.15, 0.2) is 70.7 Å². The Morgan fingerprint density at radius 1 is 1.13 bits per heavy atom. The molecule has 30 heavy (non-hydrogen) atoms. The van der Waals surface area contributed by atoms with Gasteiger partial charge in [-0.05, 0) is 61.2 Å². The number of rotatable bonds is 4. The van der Waals surface area contributed by atoms with E-state index in [2.05, 4.69) is 40.6 Å². The van der Waals surface area contributed by atoms with Crippen LogP contribution >= 0.6 is 11.8 Å². The first-order chi connectivity index (χ1) is 14.6. The minimum Gasteiger partial charge on any atom is -0.481 e. The molecule has 0 atom stereocenters. The number of nitrogens with zero attached hydrogens (tertiary/aromatic N) is 2. The van der Waals surface area contributed by atoms with E-state index in [4.69, 9.17) is 4.74 Å². The number of pyridine rings is 1. The SMILES string of the molecule is Cc1cc2nccn2c2cc(Sc3cccc(C4(C(=O)O)CCOCC4)c3)ccc12. The van der Waals surface area contributed by atoms with Crippen molar-refractivity contribution in [3.05, 3.63) is 72.1 Å². The minimum atomic E-state index is -0.863. The van der Waals surface area contributed by atoms with Gasteiger partial charge in [0, 0.05) is 40.8 Å². The molecule has 152 valence electrons. The van der Waals surface area contributed by atoms with Gasteiger partial charge in [0.1, 0.15) is 5.65 Å². The van der Waals surface area contributed by atoms with Gasteiger partial charge in [-0.2, -0.15) is 0 Å². The molecule has 5 rings (SSSR count). The van der Waals surface area contributed by atoms with E-state index in [0.29, 0.717) is 26.1 Å². The van der Waals surface area contributed by atoms with Gasteiger partial charge >= 0.3 is 5.97 Å². The quantitative estimate of drug-likeness (QED) is 0.501. The molecule has 1 saturated heterocycles. The molecule has 1 aliphatic heterocycles. The fraction of sp³-hybridized carbons (Fsp3) is 0.250. The van der Waals surface area contributed by atoms with Crippen LogP contribution in [0.2, 0.25) is 0 Å². The van der Waals surface area contributed by atoms with Gasteiger partial charge in [-0.1, -0.05) is 30.0 Å². The highest BCUT2D eigenvalue weighted by molar-refractivity contribution is 7.99. The molecule has 2 aromatic heterocycles. The number of aromatic nitrogens is 2. The van der Waals surface area contributed by atoms with E-state index in [9.17, 15) is 9.90 Å². The van der Waals surface area contributed by atoms with E-state index in [1.807, 2.05) is 36.7 Å². The van der Waals surface area contributed by atoms with E-state index < -0.39 is 11.4 Å². The second-order valence-electron chi connectivity index (χ2n) is 7.79. The maximum absolute atomic E-state index is 12.2. The number of carboxylic acids is 1. The van der Waals surface area contributed by atoms with Crippen molar-refractivity contribution in [1.29, 1.82) is 0 Å². The third-order valence-corrected chi connectivity index (χ3v) is 7.03. The molecule has 4 aromatic rings. The minimum absolute atomic E-state index is 0.481. The third kappa shape index (κ3) is 3.16. The van der Waals surface area contributed by atoms with Crippen molar-refractivity contribution in [2.24, 2.45) is 0 Å². The van der Waals surface area contributed by atoms with Crippen LogP contribution in [0.4, 0.5) is 0 Å². The summed E-state index contributed by atoms with van der Waals surface area (Å²) < 4.78 is 7.53. The lowest BCUT2D eigenvalue weighted by Crippen LogP contribution is -2.41. The molecule has 1 fully saturated rings. The molecule has 0 saturated carbocycles. The van der Waals surface area contributed by atoms with Crippen molar-refractivity contribution in [1.82, 2.24) is 9.38 Å². The molecule has 0 aliphatic carbocycles. The number of aryl methyl sites for hydroxylation is 1. The maximum atomic E-state index is 12.2. The second kappa shape index (κ2) is 7.45. The molecule has 2 aromatic carbocycles. The first kappa shape index (κ1) is 19.2. The summed E-state index contributed by atoms with van der Waals surface area (Å²) in [7, 11) is 0. The van der Waals surface area contributed by atoms with Gasteiger partial charge in [-0.3, -0.25) is 9.20 Å². The van der Waals surface area contributed by atoms with E-state index in [1.54, 1.807) is 11.8 Å². The van der Waals surface area contributed by atoms with Crippen LogP contribution in [0.5, 0.6) is 0 Å². The summed E-state index contributed by atoms with van der Waals surface area (Å²) in [5.41, 5.74) is 3.25. The first-order valence-corrected chi connectivity index (χ1v) is 10.8. The summed E-state index contributed by atoms with van der Waals surface area (Å²) in [6.45, 7) is 3.07. The summed E-state index contributed by atoms with van der Waals surface area (Å²) in [5.74, 6) is -0.767. The zero-order valence-electron chi connectivity index (χ0n) is 16.7. The predicted octanol–water partition coefficient (Wildman–Crippen LogP) is 5.08. The number of hydrogen-bond acceptors (Lipinski definition) is 4. The number of benzene rings is 2. The average molecular weight is 419 g/mol. The molecule has 3 heterocycles. The lowest BCUT2D eigenvalue weighted by atomic mass is 9.74. The highest BCUT2D eigenvalue weighted by Crippen LogP contribution is 2.38. The Labute approximate surface area is 178 Å². The van der Waals surface area contributed by atoms with Crippen molar-refractivity contribution >= 4 is 34.3 Å². The van der Waals surface area contributed by atoms with Gasteiger partial charge in [-0.25, -0.2) is 4.98 Å². The Hall–Kier alpha value is -2.83. The largest absolute Gasteiger partial charge is 0.481 e. The molecule has 0 radical (unpaired) electrons. The Balaban J connectivity index is 1.53. The Morgan fingerprint density at radius 2 is 1.93 bits per heavy atom. The van der Waals surface area contributed by atoms with Crippen molar-refractivity contribution in [3.63, 3.8) is 0 Å². The van der Waals surface area contributed by atoms with Gasteiger partial charge < -0.3 is 9.84 Å². The van der Waals surface area contributed by atoms with Crippen LogP contribution in [0, 0.1) is 6.92 Å². The van der Waals surface area contributed by atoms with Crippen LogP contribution in [0.3, 0.4) is 0 Å². The molecule has 0 spiro atoms. The first-order valence-electron chi connectivity index (χ1n) is 10.0. The predicted molar refractivity (Wildman–Crippen MR) is 117 cm³/mol. The Bertz CT molecular complexity index is 1260. The highest BCUT2D eigenvalue weighted by atomic mass is 32.2. The van der Waals surface area contributed by atoms with Gasteiger partial charge in [0.25, 0.3) is 0 Å². The summed E-state index contributed by atoms with van der Waals surface area (Å²) >= 11 is 1.65. The molecule has 6 heteroatoms. The number of ether oxygens (including phenoxy) is 1. The van der Waals surface area contributed by atoms with Gasteiger partial charge in [0.15, 0.2) is 0 Å². The van der Waals surface area contributed by atoms with E-state index in [-0.39, 0.29) is 0 Å². The zero-order chi connectivity index (χ0) is 20.7. The number of fused-ring (bicyclic) bond motifs is 3. The smallest absolute Gasteiger partial charge is 0.314 e. The molecular formula is C24H22N2O3S. The van der Waals surface area contributed by atoms with Crippen LogP contribution in [-0.2, 0) is 14.9 Å². The van der Waals surface area contributed by atoms with E-state index in [1.165, 1.54) is 10.9 Å². The molecule has 0 unspecified atom stereocenters. The fourth-order valence-electron chi connectivity index (χ4n) is 4.34. The van der Waals surface area contributed by atoms with Crippen molar-refractivity contribution < 1.29 is 14.6 Å². The number of hydrogen-bond donors (Lipinski definition) is 1. The van der Waals surface area contributed by atoms with Gasteiger partial charge in [0.2, 0.25) is 0 Å². The van der Waals surface area contributed by atoms with Crippen molar-refractivity contribution in [2.45, 2.75) is 35.0 Å². The Morgan fingerprint density at radius 3 is 2.73 bits per heavy atom. The molecule has 5 nitrogen and oxygen atoms in total.